The van der Waals surface area contributed by atoms with Crippen molar-refractivity contribution in [2.75, 3.05) is 36.2 Å². The number of aliphatic hydroxyl groups is 2. The van der Waals surface area contributed by atoms with E-state index in [2.05, 4.69) is 0 Å². The van der Waals surface area contributed by atoms with Crippen molar-refractivity contribution < 1.29 is 30.0 Å². The SMILES string of the molecule is O=C(O)C(CO)CSCCSCC(CO)C(=O)O. The number of aliphatic hydroxyl groups excluding tert-OH is 2. The molecule has 0 aliphatic rings. The highest BCUT2D eigenvalue weighted by atomic mass is 32.2. The maximum atomic E-state index is 10.6. The van der Waals surface area contributed by atoms with Crippen molar-refractivity contribution in [3.63, 3.8) is 0 Å². The van der Waals surface area contributed by atoms with Crippen LogP contribution in [-0.2, 0) is 9.59 Å². The predicted molar refractivity (Wildman–Crippen MR) is 71.1 cm³/mol. The summed E-state index contributed by atoms with van der Waals surface area (Å²) in [7, 11) is 0. The first-order chi connectivity index (χ1) is 8.52. The van der Waals surface area contributed by atoms with E-state index in [9.17, 15) is 9.59 Å². The standard InChI is InChI=1S/C10H18O6S2/c11-3-7(9(13)14)5-17-1-2-18-6-8(4-12)10(15)16/h7-8,11-12H,1-6H2,(H,13,14)(H,15,16). The number of hydrogen-bond acceptors (Lipinski definition) is 6. The first kappa shape index (κ1) is 17.6. The molecule has 0 aromatic carbocycles. The third-order valence-electron chi connectivity index (χ3n) is 2.15. The lowest BCUT2D eigenvalue weighted by Gasteiger charge is -2.09. The highest BCUT2D eigenvalue weighted by molar-refractivity contribution is 8.02. The summed E-state index contributed by atoms with van der Waals surface area (Å²) >= 11 is 2.82. The van der Waals surface area contributed by atoms with Crippen molar-refractivity contribution in [3.8, 4) is 0 Å². The van der Waals surface area contributed by atoms with Gasteiger partial charge in [0.15, 0.2) is 0 Å². The van der Waals surface area contributed by atoms with E-state index >= 15 is 0 Å². The fourth-order valence-electron chi connectivity index (χ4n) is 0.973. The summed E-state index contributed by atoms with van der Waals surface area (Å²) < 4.78 is 0. The van der Waals surface area contributed by atoms with Crippen LogP contribution in [-0.4, -0.2) is 68.6 Å². The molecule has 0 spiro atoms. The molecule has 0 aliphatic heterocycles. The van der Waals surface area contributed by atoms with Crippen molar-refractivity contribution in [1.29, 1.82) is 0 Å². The Morgan fingerprint density at radius 1 is 0.833 bits per heavy atom. The van der Waals surface area contributed by atoms with Gasteiger partial charge in [-0.3, -0.25) is 9.59 Å². The molecule has 0 fully saturated rings. The predicted octanol–water partition coefficient (Wildman–Crippen LogP) is -0.161. The molecule has 0 rings (SSSR count). The van der Waals surface area contributed by atoms with Gasteiger partial charge in [-0.15, -0.1) is 0 Å². The van der Waals surface area contributed by atoms with E-state index in [1.807, 2.05) is 0 Å². The molecule has 6 nitrogen and oxygen atoms in total. The minimum Gasteiger partial charge on any atom is -0.481 e. The maximum absolute atomic E-state index is 10.6. The number of carboxylic acid groups (broad SMARTS) is 2. The van der Waals surface area contributed by atoms with Gasteiger partial charge in [-0.1, -0.05) is 0 Å². The topological polar surface area (TPSA) is 115 Å². The van der Waals surface area contributed by atoms with Crippen LogP contribution in [0.2, 0.25) is 0 Å². The Morgan fingerprint density at radius 2 is 1.17 bits per heavy atom. The smallest absolute Gasteiger partial charge is 0.309 e. The Balaban J connectivity index is 3.56. The molecule has 0 aromatic heterocycles. The summed E-state index contributed by atoms with van der Waals surface area (Å²) in [6.07, 6.45) is 0. The van der Waals surface area contributed by atoms with Gasteiger partial charge in [0.1, 0.15) is 0 Å². The zero-order valence-corrected chi connectivity index (χ0v) is 11.5. The van der Waals surface area contributed by atoms with E-state index in [0.717, 1.165) is 0 Å². The van der Waals surface area contributed by atoms with Crippen molar-refractivity contribution in [2.45, 2.75) is 0 Å². The van der Waals surface area contributed by atoms with Crippen LogP contribution in [0.15, 0.2) is 0 Å². The molecule has 0 bridgehead atoms. The van der Waals surface area contributed by atoms with Gasteiger partial charge in [-0.2, -0.15) is 23.5 Å². The van der Waals surface area contributed by atoms with Gasteiger partial charge in [-0.05, 0) is 0 Å². The molecule has 0 amide bonds. The fourth-order valence-corrected chi connectivity index (χ4v) is 3.31. The van der Waals surface area contributed by atoms with Crippen LogP contribution in [0.3, 0.4) is 0 Å². The summed E-state index contributed by atoms with van der Waals surface area (Å²) in [6, 6.07) is 0. The van der Waals surface area contributed by atoms with Crippen LogP contribution in [0.5, 0.6) is 0 Å². The normalized spacial score (nSPS) is 14.1. The third kappa shape index (κ3) is 7.80. The highest BCUT2D eigenvalue weighted by Gasteiger charge is 2.17. The third-order valence-corrected chi connectivity index (χ3v) is 4.67. The maximum Gasteiger partial charge on any atom is 0.309 e. The second-order valence-corrected chi connectivity index (χ2v) is 5.88. The molecular formula is C10H18O6S2. The van der Waals surface area contributed by atoms with Gasteiger partial charge in [0.05, 0.1) is 25.0 Å². The minimum atomic E-state index is -1.01. The van der Waals surface area contributed by atoms with Crippen LogP contribution in [0.25, 0.3) is 0 Å². The van der Waals surface area contributed by atoms with Crippen molar-refractivity contribution >= 4 is 35.5 Å². The first-order valence-electron chi connectivity index (χ1n) is 5.35. The van der Waals surface area contributed by atoms with Gasteiger partial charge in [0.2, 0.25) is 0 Å². The van der Waals surface area contributed by atoms with Crippen LogP contribution < -0.4 is 0 Å². The van der Waals surface area contributed by atoms with Crippen LogP contribution in [0.1, 0.15) is 0 Å². The largest absolute Gasteiger partial charge is 0.481 e. The van der Waals surface area contributed by atoms with E-state index in [0.29, 0.717) is 23.0 Å². The second-order valence-electron chi connectivity index (χ2n) is 3.59. The van der Waals surface area contributed by atoms with Gasteiger partial charge in [-0.25, -0.2) is 0 Å². The number of rotatable bonds is 11. The van der Waals surface area contributed by atoms with Crippen LogP contribution >= 0.6 is 23.5 Å². The summed E-state index contributed by atoms with van der Waals surface area (Å²) in [4.78, 5) is 21.2. The molecular weight excluding hydrogens is 280 g/mol. The summed E-state index contributed by atoms with van der Waals surface area (Å²) in [5, 5.41) is 34.9. The molecule has 18 heavy (non-hydrogen) atoms. The van der Waals surface area contributed by atoms with Crippen LogP contribution in [0.4, 0.5) is 0 Å². The molecule has 0 aromatic rings. The lowest BCUT2D eigenvalue weighted by molar-refractivity contribution is -0.143. The van der Waals surface area contributed by atoms with E-state index in [1.54, 1.807) is 0 Å². The molecule has 4 N–H and O–H groups in total. The second kappa shape index (κ2) is 10.5. The number of aliphatic carboxylic acids is 2. The lowest BCUT2D eigenvalue weighted by atomic mass is 10.2. The highest BCUT2D eigenvalue weighted by Crippen LogP contribution is 2.14. The van der Waals surface area contributed by atoms with Gasteiger partial charge in [0, 0.05) is 23.0 Å². The van der Waals surface area contributed by atoms with Crippen LogP contribution in [0, 0.1) is 11.8 Å². The Labute approximate surface area is 114 Å². The average Bonchev–Trinajstić information content (AvgIpc) is 2.32. The molecule has 0 aliphatic carbocycles. The molecule has 2 unspecified atom stereocenters. The Morgan fingerprint density at radius 3 is 1.39 bits per heavy atom. The van der Waals surface area contributed by atoms with Crippen molar-refractivity contribution in [3.05, 3.63) is 0 Å². The fraction of sp³-hybridized carbons (Fsp3) is 0.800. The Kier molecular flexibility index (Phi) is 10.2. The van der Waals surface area contributed by atoms with E-state index in [-0.39, 0.29) is 13.2 Å². The van der Waals surface area contributed by atoms with Gasteiger partial charge in [0.25, 0.3) is 0 Å². The number of thioether (sulfide) groups is 2. The molecule has 0 saturated carbocycles. The zero-order valence-electron chi connectivity index (χ0n) is 9.82. The molecule has 106 valence electrons. The molecule has 2 atom stereocenters. The lowest BCUT2D eigenvalue weighted by Crippen LogP contribution is -2.21. The van der Waals surface area contributed by atoms with E-state index in [4.69, 9.17) is 20.4 Å². The number of carbonyl (C=O) groups is 2. The summed E-state index contributed by atoms with van der Waals surface area (Å²) in [5.41, 5.74) is 0. The summed E-state index contributed by atoms with van der Waals surface area (Å²) in [6.45, 7) is -0.748. The molecule has 0 radical (unpaired) electrons. The average molecular weight is 298 g/mol. The molecule has 0 saturated heterocycles. The molecule has 0 heterocycles. The number of carboxylic acids is 2. The van der Waals surface area contributed by atoms with Gasteiger partial charge >= 0.3 is 11.9 Å². The zero-order chi connectivity index (χ0) is 14.0. The Hall–Kier alpha value is -0.440. The monoisotopic (exact) mass is 298 g/mol. The van der Waals surface area contributed by atoms with E-state index in [1.165, 1.54) is 23.5 Å². The number of hydrogen-bond donors (Lipinski definition) is 4. The quantitative estimate of drug-likeness (QED) is 0.389. The first-order valence-corrected chi connectivity index (χ1v) is 7.66. The van der Waals surface area contributed by atoms with E-state index < -0.39 is 23.8 Å². The van der Waals surface area contributed by atoms with Crippen molar-refractivity contribution in [1.82, 2.24) is 0 Å². The summed E-state index contributed by atoms with van der Waals surface area (Å²) in [5.74, 6) is -1.46. The van der Waals surface area contributed by atoms with Gasteiger partial charge < -0.3 is 20.4 Å². The Bertz CT molecular complexity index is 235. The minimum absolute atomic E-state index is 0.342. The van der Waals surface area contributed by atoms with Crippen molar-refractivity contribution in [2.24, 2.45) is 11.8 Å². The molecule has 8 heteroatoms.